The highest BCUT2D eigenvalue weighted by molar-refractivity contribution is 5.73. The van der Waals surface area contributed by atoms with Crippen molar-refractivity contribution in [3.8, 4) is 0 Å². The van der Waals surface area contributed by atoms with Gasteiger partial charge in [-0.1, -0.05) is 38.1 Å². The van der Waals surface area contributed by atoms with E-state index in [0.29, 0.717) is 25.7 Å². The van der Waals surface area contributed by atoms with Gasteiger partial charge in [0.2, 0.25) is 0 Å². The average Bonchev–Trinajstić information content (AvgIpc) is 3.57. The Morgan fingerprint density at radius 3 is 1.40 bits per heavy atom. The molecule has 0 saturated heterocycles. The Kier molecular flexibility index (Phi) is 11.9. The number of rotatable bonds is 16. The average molecular weight is 555 g/mol. The molecule has 0 aliphatic carbocycles. The fourth-order valence-corrected chi connectivity index (χ4v) is 5.01. The molecule has 2 heterocycles. The molecule has 0 spiro atoms. The first-order valence-electron chi connectivity index (χ1n) is 13.8. The largest absolute Gasteiger partial charge is 0.461 e. The van der Waals surface area contributed by atoms with E-state index in [1.807, 2.05) is 61.3 Å². The molecule has 40 heavy (non-hydrogen) atoms. The van der Waals surface area contributed by atoms with Crippen LogP contribution in [0.25, 0.3) is 0 Å². The van der Waals surface area contributed by atoms with Gasteiger partial charge in [0, 0.05) is 62.9 Å². The third kappa shape index (κ3) is 8.25. The summed E-state index contributed by atoms with van der Waals surface area (Å²) in [6.45, 7) is 3.82. The third-order valence-electron chi connectivity index (χ3n) is 7.65. The van der Waals surface area contributed by atoms with Crippen LogP contribution in [0.5, 0.6) is 0 Å². The summed E-state index contributed by atoms with van der Waals surface area (Å²) in [7, 11) is 3.77. The Hall–Kier alpha value is -3.50. The Morgan fingerprint density at radius 2 is 1.12 bits per heavy atom. The Bertz CT molecular complexity index is 1110. The topological polar surface area (TPSA) is 129 Å². The van der Waals surface area contributed by atoms with Crippen LogP contribution in [0.4, 0.5) is 0 Å². The van der Waals surface area contributed by atoms with Crippen LogP contribution in [-0.4, -0.2) is 54.5 Å². The van der Waals surface area contributed by atoms with Crippen LogP contribution in [0.1, 0.15) is 49.2 Å². The lowest BCUT2D eigenvalue weighted by Crippen LogP contribution is -2.30. The summed E-state index contributed by atoms with van der Waals surface area (Å²) < 4.78 is 15.0. The van der Waals surface area contributed by atoms with Crippen LogP contribution in [0, 0.1) is 23.7 Å². The van der Waals surface area contributed by atoms with E-state index in [4.69, 9.17) is 9.47 Å². The number of esters is 2. The molecule has 0 fully saturated rings. The molecule has 1 aromatic carbocycles. The van der Waals surface area contributed by atoms with Crippen molar-refractivity contribution in [2.75, 3.05) is 13.2 Å². The Labute approximate surface area is 236 Å². The van der Waals surface area contributed by atoms with Crippen molar-refractivity contribution in [2.24, 2.45) is 37.8 Å². The zero-order chi connectivity index (χ0) is 29.1. The summed E-state index contributed by atoms with van der Waals surface area (Å²) >= 11 is 0. The first kappa shape index (κ1) is 31.0. The molecule has 10 nitrogen and oxygen atoms in total. The van der Waals surface area contributed by atoms with Gasteiger partial charge in [-0.05, 0) is 36.8 Å². The minimum atomic E-state index is -0.425. The van der Waals surface area contributed by atoms with E-state index in [2.05, 4.69) is 9.97 Å². The maximum Gasteiger partial charge on any atom is 0.309 e. The van der Waals surface area contributed by atoms with Crippen LogP contribution in [-0.2, 0) is 59.2 Å². The fraction of sp³-hybridized carbons (Fsp3) is 0.533. The summed E-state index contributed by atoms with van der Waals surface area (Å²) in [6.07, 6.45) is 9.08. The van der Waals surface area contributed by atoms with Gasteiger partial charge in [0.05, 0.1) is 24.5 Å². The van der Waals surface area contributed by atoms with Gasteiger partial charge in [-0.3, -0.25) is 9.59 Å². The number of benzene rings is 1. The number of ether oxygens (including phenoxy) is 2. The van der Waals surface area contributed by atoms with Gasteiger partial charge in [0.15, 0.2) is 0 Å². The van der Waals surface area contributed by atoms with Crippen LogP contribution < -0.4 is 0 Å². The maximum absolute atomic E-state index is 12.9. The highest BCUT2D eigenvalue weighted by atomic mass is 16.5. The second kappa shape index (κ2) is 15.3. The van der Waals surface area contributed by atoms with Crippen molar-refractivity contribution in [3.05, 3.63) is 71.8 Å². The van der Waals surface area contributed by atoms with Crippen molar-refractivity contribution in [2.45, 2.75) is 52.7 Å². The molecule has 218 valence electrons. The van der Waals surface area contributed by atoms with E-state index in [1.165, 1.54) is 0 Å². The van der Waals surface area contributed by atoms with Gasteiger partial charge >= 0.3 is 11.9 Å². The number of aliphatic hydroxyl groups is 2. The molecule has 0 aliphatic heterocycles. The van der Waals surface area contributed by atoms with E-state index in [9.17, 15) is 19.8 Å². The van der Waals surface area contributed by atoms with E-state index in [1.54, 1.807) is 25.0 Å². The number of aryl methyl sites for hydroxylation is 2. The predicted octanol–water partition coefficient (Wildman–Crippen LogP) is 2.99. The number of aliphatic hydroxyl groups excluding tert-OH is 2. The number of carbonyl (C=O) groups excluding carboxylic acids is 2. The van der Waals surface area contributed by atoms with Crippen molar-refractivity contribution >= 4 is 11.9 Å². The summed E-state index contributed by atoms with van der Waals surface area (Å²) in [5.74, 6) is -2.04. The number of carbonyl (C=O) groups is 2. The summed E-state index contributed by atoms with van der Waals surface area (Å²) in [4.78, 5) is 33.9. The van der Waals surface area contributed by atoms with Gasteiger partial charge < -0.3 is 28.8 Å². The highest BCUT2D eigenvalue weighted by Crippen LogP contribution is 2.24. The first-order chi connectivity index (χ1) is 19.3. The molecule has 2 aromatic heterocycles. The Balaban J connectivity index is 1.50. The SMILES string of the molecule is CC[C@H](C(=O)OCc1ccc(COC(=O)[C@@H](CC)[C@H](CO)Cc2cncn2C)cc1)[C@H](CO)Cc1cncn1C. The van der Waals surface area contributed by atoms with Crippen LogP contribution in [0.2, 0.25) is 0 Å². The fourth-order valence-electron chi connectivity index (χ4n) is 5.01. The molecule has 10 heteroatoms. The summed E-state index contributed by atoms with van der Waals surface area (Å²) in [5.41, 5.74) is 3.53. The van der Waals surface area contributed by atoms with Crippen LogP contribution in [0.15, 0.2) is 49.3 Å². The lowest BCUT2D eigenvalue weighted by molar-refractivity contribution is -0.153. The second-order valence-corrected chi connectivity index (χ2v) is 10.3. The number of nitrogens with zero attached hydrogens (tertiary/aromatic N) is 4. The number of aromatic nitrogens is 4. The van der Waals surface area contributed by atoms with Gasteiger partial charge in [-0.25, -0.2) is 9.97 Å². The molecule has 0 saturated carbocycles. The van der Waals surface area contributed by atoms with Gasteiger partial charge in [-0.2, -0.15) is 0 Å². The van der Waals surface area contributed by atoms with E-state index in [0.717, 1.165) is 22.5 Å². The van der Waals surface area contributed by atoms with Crippen molar-refractivity contribution in [1.29, 1.82) is 0 Å². The molecular formula is C30H42N4O6. The smallest absolute Gasteiger partial charge is 0.309 e. The number of hydrogen-bond acceptors (Lipinski definition) is 8. The summed E-state index contributed by atoms with van der Waals surface area (Å²) in [5, 5.41) is 19.9. The van der Waals surface area contributed by atoms with E-state index in [-0.39, 0.29) is 50.2 Å². The molecule has 2 N–H and O–H groups in total. The second-order valence-electron chi connectivity index (χ2n) is 10.3. The molecular weight excluding hydrogens is 512 g/mol. The highest BCUT2D eigenvalue weighted by Gasteiger charge is 2.30. The number of imidazole rings is 2. The Morgan fingerprint density at radius 1 is 0.750 bits per heavy atom. The normalized spacial score (nSPS) is 14.3. The third-order valence-corrected chi connectivity index (χ3v) is 7.65. The first-order valence-corrected chi connectivity index (χ1v) is 13.8. The van der Waals surface area contributed by atoms with Crippen LogP contribution >= 0.6 is 0 Å². The quantitative estimate of drug-likeness (QED) is 0.259. The van der Waals surface area contributed by atoms with Crippen molar-refractivity contribution in [3.63, 3.8) is 0 Å². The van der Waals surface area contributed by atoms with Gasteiger partial charge in [-0.15, -0.1) is 0 Å². The minimum absolute atomic E-state index is 0.114. The van der Waals surface area contributed by atoms with Crippen molar-refractivity contribution < 1.29 is 29.3 Å². The molecule has 0 bridgehead atoms. The lowest BCUT2D eigenvalue weighted by Gasteiger charge is -2.23. The van der Waals surface area contributed by atoms with E-state index < -0.39 is 11.8 Å². The van der Waals surface area contributed by atoms with Gasteiger partial charge in [0.1, 0.15) is 13.2 Å². The minimum Gasteiger partial charge on any atom is -0.461 e. The standard InChI is InChI=1S/C30H42N4O6/c1-5-27(23(15-35)11-25-13-31-19-33(25)3)29(37)39-17-21-7-9-22(10-8-21)18-40-30(38)28(6-2)24(16-36)12-26-14-32-20-34(26)4/h7-10,13-14,19-20,23-24,27-28,35-36H,5-6,11-12,15-18H2,1-4H3/t23-,24-,27-,28-/m0/s1. The van der Waals surface area contributed by atoms with E-state index >= 15 is 0 Å². The molecule has 0 radical (unpaired) electrons. The maximum atomic E-state index is 12.9. The van der Waals surface area contributed by atoms with Crippen molar-refractivity contribution in [1.82, 2.24) is 19.1 Å². The monoisotopic (exact) mass is 554 g/mol. The predicted molar refractivity (Wildman–Crippen MR) is 149 cm³/mol. The van der Waals surface area contributed by atoms with Crippen LogP contribution in [0.3, 0.4) is 0 Å². The molecule has 0 aliphatic rings. The molecule has 3 rings (SSSR count). The molecule has 4 atom stereocenters. The number of hydrogen-bond donors (Lipinski definition) is 2. The molecule has 3 aromatic rings. The zero-order valence-electron chi connectivity index (χ0n) is 23.9. The summed E-state index contributed by atoms with van der Waals surface area (Å²) in [6, 6.07) is 7.36. The lowest BCUT2D eigenvalue weighted by atomic mass is 9.87. The van der Waals surface area contributed by atoms with Gasteiger partial charge in [0.25, 0.3) is 0 Å². The zero-order valence-corrected chi connectivity index (χ0v) is 23.9. The molecule has 0 amide bonds. The molecule has 0 unspecified atom stereocenters.